The van der Waals surface area contributed by atoms with Gasteiger partial charge in [-0.1, -0.05) is 36.7 Å². The van der Waals surface area contributed by atoms with Crippen molar-refractivity contribution in [3.63, 3.8) is 0 Å². The van der Waals surface area contributed by atoms with Gasteiger partial charge in [0.2, 0.25) is 0 Å². The SMILES string of the molecule is COC(=O)CC[C@@H](C)[C@@H]1CC[C@@H]2[C@@H]3C(=O)[C@H](Br)[C@@H]4C[C@H](OC(C)=O)CC[C@]4(C)[C@H]3C[C@H](OC(C)=O)[C@@]21C. The minimum absolute atomic E-state index is 0.0675. The molecule has 4 rings (SSSR count). The van der Waals surface area contributed by atoms with Gasteiger partial charge in [0.15, 0.2) is 0 Å². The fraction of sp³-hybridized carbons (Fsp3) is 0.862. The molecule has 208 valence electrons. The average molecular weight is 584 g/mol. The number of ether oxygens (including phenoxy) is 3. The molecule has 0 spiro atoms. The van der Waals surface area contributed by atoms with Crippen LogP contribution in [-0.4, -0.2) is 47.8 Å². The van der Waals surface area contributed by atoms with E-state index in [1.165, 1.54) is 21.0 Å². The van der Waals surface area contributed by atoms with Crippen LogP contribution in [0.5, 0.6) is 0 Å². The first-order valence-corrected chi connectivity index (χ1v) is 14.8. The molecule has 11 atom stereocenters. The molecule has 0 aromatic heterocycles. The quantitative estimate of drug-likeness (QED) is 0.239. The van der Waals surface area contributed by atoms with Gasteiger partial charge < -0.3 is 14.2 Å². The largest absolute Gasteiger partial charge is 0.469 e. The van der Waals surface area contributed by atoms with E-state index in [0.717, 1.165) is 25.7 Å². The first-order valence-electron chi connectivity index (χ1n) is 13.9. The first kappa shape index (κ1) is 28.6. The molecule has 0 radical (unpaired) electrons. The minimum Gasteiger partial charge on any atom is -0.469 e. The summed E-state index contributed by atoms with van der Waals surface area (Å²) in [6.45, 7) is 9.64. The fourth-order valence-corrected chi connectivity index (χ4v) is 10.3. The van der Waals surface area contributed by atoms with Crippen LogP contribution in [0.4, 0.5) is 0 Å². The second-order valence-corrected chi connectivity index (χ2v) is 13.6. The van der Waals surface area contributed by atoms with E-state index in [1.54, 1.807) is 0 Å². The fourth-order valence-electron chi connectivity index (χ4n) is 9.18. The Bertz CT molecular complexity index is 935. The van der Waals surface area contributed by atoms with Crippen LogP contribution in [0.1, 0.15) is 86.0 Å². The smallest absolute Gasteiger partial charge is 0.305 e. The number of rotatable bonds is 6. The molecule has 7 nitrogen and oxygen atoms in total. The van der Waals surface area contributed by atoms with E-state index in [-0.39, 0.29) is 87.1 Å². The molecular formula is C29H43BrO7. The zero-order valence-electron chi connectivity index (χ0n) is 23.1. The molecule has 4 fully saturated rings. The van der Waals surface area contributed by atoms with Crippen molar-refractivity contribution in [1.82, 2.24) is 0 Å². The average Bonchev–Trinajstić information content (AvgIpc) is 3.19. The van der Waals surface area contributed by atoms with E-state index in [1.807, 2.05) is 0 Å². The highest BCUT2D eigenvalue weighted by molar-refractivity contribution is 9.10. The number of fused-ring (bicyclic) bond motifs is 5. The summed E-state index contributed by atoms with van der Waals surface area (Å²) in [6.07, 6.45) is 5.54. The Labute approximate surface area is 229 Å². The van der Waals surface area contributed by atoms with E-state index in [9.17, 15) is 19.2 Å². The molecule has 0 N–H and O–H groups in total. The molecule has 0 saturated heterocycles. The second kappa shape index (κ2) is 10.6. The predicted octanol–water partition coefficient (Wildman–Crippen LogP) is 5.26. The van der Waals surface area contributed by atoms with Gasteiger partial charge in [-0.05, 0) is 80.0 Å². The van der Waals surface area contributed by atoms with Crippen LogP contribution in [0.2, 0.25) is 0 Å². The van der Waals surface area contributed by atoms with E-state index < -0.39 is 0 Å². The molecule has 0 unspecified atom stereocenters. The summed E-state index contributed by atoms with van der Waals surface area (Å²) in [5.41, 5.74) is -0.444. The number of alkyl halides is 1. The third-order valence-corrected chi connectivity index (χ3v) is 12.0. The number of esters is 3. The minimum atomic E-state index is -0.330. The molecule has 4 aliphatic rings. The molecular weight excluding hydrogens is 540 g/mol. The normalized spacial score (nSPS) is 43.6. The van der Waals surface area contributed by atoms with Crippen molar-refractivity contribution in [2.24, 2.45) is 46.3 Å². The first-order chi connectivity index (χ1) is 17.3. The molecule has 4 aliphatic carbocycles. The van der Waals surface area contributed by atoms with Crippen LogP contribution in [0.25, 0.3) is 0 Å². The summed E-state index contributed by atoms with van der Waals surface area (Å²) in [6, 6.07) is 0. The number of ketones is 1. The molecule has 4 saturated carbocycles. The molecule has 0 aromatic rings. The van der Waals surface area contributed by atoms with Crippen molar-refractivity contribution in [1.29, 1.82) is 0 Å². The van der Waals surface area contributed by atoms with Crippen LogP contribution in [-0.2, 0) is 33.4 Å². The second-order valence-electron chi connectivity index (χ2n) is 12.6. The Morgan fingerprint density at radius 3 is 2.30 bits per heavy atom. The predicted molar refractivity (Wildman–Crippen MR) is 141 cm³/mol. The zero-order chi connectivity index (χ0) is 27.3. The van der Waals surface area contributed by atoms with E-state index >= 15 is 0 Å². The number of methoxy groups -OCH3 is 1. The lowest BCUT2D eigenvalue weighted by atomic mass is 9.43. The Balaban J connectivity index is 1.67. The van der Waals surface area contributed by atoms with Crippen molar-refractivity contribution < 1.29 is 33.4 Å². The van der Waals surface area contributed by atoms with Crippen molar-refractivity contribution in [3.8, 4) is 0 Å². The summed E-state index contributed by atoms with van der Waals surface area (Å²) in [5, 5.41) is 0. The summed E-state index contributed by atoms with van der Waals surface area (Å²) in [7, 11) is 1.41. The van der Waals surface area contributed by atoms with Gasteiger partial charge in [0, 0.05) is 31.6 Å². The Kier molecular flexibility index (Phi) is 8.19. The molecule has 8 heteroatoms. The summed E-state index contributed by atoms with van der Waals surface area (Å²) >= 11 is 3.82. The number of hydrogen-bond acceptors (Lipinski definition) is 7. The van der Waals surface area contributed by atoms with Gasteiger partial charge >= 0.3 is 17.9 Å². The lowest BCUT2D eigenvalue weighted by Gasteiger charge is -2.63. The van der Waals surface area contributed by atoms with Gasteiger partial charge in [0.1, 0.15) is 18.0 Å². The van der Waals surface area contributed by atoms with Gasteiger partial charge in [-0.15, -0.1) is 0 Å². The highest BCUT2D eigenvalue weighted by atomic mass is 79.9. The standard InChI is InChI=1S/C29H43BrO7/c1-15(7-10-24(33)35-6)19-8-9-20-25-21(14-23(29(19,20)5)37-17(3)32)28(4)12-11-18(36-16(2)31)13-22(28)26(30)27(25)34/h15,18-23,25-26H,7-14H2,1-6H3/t15-,18-,19+,20-,21+,22+,23+,25+,26-,28-,29-/m1/s1. The summed E-state index contributed by atoms with van der Waals surface area (Å²) in [5.74, 6) is 0.197. The maximum atomic E-state index is 14.1. The van der Waals surface area contributed by atoms with Crippen LogP contribution in [0.3, 0.4) is 0 Å². The van der Waals surface area contributed by atoms with Crippen molar-refractivity contribution in [3.05, 3.63) is 0 Å². The lowest BCUT2D eigenvalue weighted by molar-refractivity contribution is -0.196. The van der Waals surface area contributed by atoms with Gasteiger partial charge in [-0.2, -0.15) is 0 Å². The molecule has 0 amide bonds. The van der Waals surface area contributed by atoms with Gasteiger partial charge in [0.05, 0.1) is 11.9 Å². The molecule has 0 aliphatic heterocycles. The van der Waals surface area contributed by atoms with Crippen molar-refractivity contribution >= 4 is 39.6 Å². The van der Waals surface area contributed by atoms with Crippen LogP contribution < -0.4 is 0 Å². The monoisotopic (exact) mass is 582 g/mol. The number of Topliss-reactive ketones (excluding diaryl/α,β-unsaturated/α-hetero) is 1. The summed E-state index contributed by atoms with van der Waals surface area (Å²) < 4.78 is 16.6. The zero-order valence-corrected chi connectivity index (χ0v) is 24.7. The third-order valence-electron chi connectivity index (χ3n) is 10.9. The molecule has 37 heavy (non-hydrogen) atoms. The van der Waals surface area contributed by atoms with Gasteiger partial charge in [-0.3, -0.25) is 19.2 Å². The molecule has 0 aromatic carbocycles. The van der Waals surface area contributed by atoms with E-state index in [2.05, 4.69) is 36.7 Å². The number of halogens is 1. The Morgan fingerprint density at radius 2 is 1.68 bits per heavy atom. The highest BCUT2D eigenvalue weighted by Gasteiger charge is 2.68. The van der Waals surface area contributed by atoms with E-state index in [4.69, 9.17) is 14.2 Å². The number of carbonyl (C=O) groups excluding carboxylic acids is 4. The molecule has 0 bridgehead atoms. The maximum Gasteiger partial charge on any atom is 0.305 e. The molecule has 0 heterocycles. The van der Waals surface area contributed by atoms with E-state index in [0.29, 0.717) is 25.7 Å². The van der Waals surface area contributed by atoms with Crippen LogP contribution in [0, 0.1) is 46.3 Å². The highest BCUT2D eigenvalue weighted by Crippen LogP contribution is 2.68. The number of carbonyl (C=O) groups is 4. The van der Waals surface area contributed by atoms with Crippen molar-refractivity contribution in [2.45, 2.75) is 103 Å². The van der Waals surface area contributed by atoms with Crippen LogP contribution >= 0.6 is 15.9 Å². The topological polar surface area (TPSA) is 96.0 Å². The lowest BCUT2D eigenvalue weighted by Crippen LogP contribution is -2.64. The number of hydrogen-bond donors (Lipinski definition) is 0. The third kappa shape index (κ3) is 4.89. The van der Waals surface area contributed by atoms with Crippen LogP contribution in [0.15, 0.2) is 0 Å². The van der Waals surface area contributed by atoms with Gasteiger partial charge in [0.25, 0.3) is 0 Å². The maximum absolute atomic E-state index is 14.1. The van der Waals surface area contributed by atoms with Crippen molar-refractivity contribution in [2.75, 3.05) is 7.11 Å². The van der Waals surface area contributed by atoms with Gasteiger partial charge in [-0.25, -0.2) is 0 Å². The Morgan fingerprint density at radius 1 is 1.00 bits per heavy atom. The summed E-state index contributed by atoms with van der Waals surface area (Å²) in [4.78, 5) is 49.7. The Hall–Kier alpha value is -1.44.